The van der Waals surface area contributed by atoms with Crippen molar-refractivity contribution in [1.82, 2.24) is 10.2 Å². The number of aryl methyl sites for hydroxylation is 1. The lowest BCUT2D eigenvalue weighted by Gasteiger charge is -2.37. The highest BCUT2D eigenvalue weighted by molar-refractivity contribution is 6.00. The first-order valence-electron chi connectivity index (χ1n) is 10.8. The molecule has 0 bridgehead atoms. The summed E-state index contributed by atoms with van der Waals surface area (Å²) >= 11 is 0. The monoisotopic (exact) mass is 440 g/mol. The fourth-order valence-corrected chi connectivity index (χ4v) is 4.39. The van der Waals surface area contributed by atoms with Crippen molar-refractivity contribution < 1.29 is 28.3 Å². The van der Waals surface area contributed by atoms with Gasteiger partial charge >= 0.3 is 0 Å². The van der Waals surface area contributed by atoms with Crippen LogP contribution in [-0.4, -0.2) is 47.8 Å². The molecular formula is C24H28N2O6. The van der Waals surface area contributed by atoms with Gasteiger partial charge in [0.25, 0.3) is 0 Å². The van der Waals surface area contributed by atoms with Gasteiger partial charge in [-0.15, -0.1) is 0 Å². The average Bonchev–Trinajstić information content (AvgIpc) is 3.13. The molecule has 2 atom stereocenters. The van der Waals surface area contributed by atoms with Crippen LogP contribution in [0.4, 0.5) is 0 Å². The lowest BCUT2D eigenvalue weighted by molar-refractivity contribution is -0.139. The number of ketones is 1. The van der Waals surface area contributed by atoms with Gasteiger partial charge in [0, 0.05) is 25.5 Å². The summed E-state index contributed by atoms with van der Waals surface area (Å²) in [4.78, 5) is 39.9. The number of benzene rings is 1. The number of likely N-dealkylation sites (tertiary alicyclic amines) is 1. The number of fused-ring (bicyclic) bond motifs is 1. The fraction of sp³-hybridized carbons (Fsp3) is 0.458. The van der Waals surface area contributed by atoms with Gasteiger partial charge in [-0.1, -0.05) is 0 Å². The molecule has 1 saturated heterocycles. The number of furan rings is 1. The van der Waals surface area contributed by atoms with Crippen LogP contribution < -0.4 is 14.8 Å². The zero-order chi connectivity index (χ0) is 22.9. The topological polar surface area (TPSA) is 98.1 Å². The molecule has 2 amide bonds. The van der Waals surface area contributed by atoms with Crippen molar-refractivity contribution in [2.45, 2.75) is 57.7 Å². The van der Waals surface area contributed by atoms with E-state index in [9.17, 15) is 14.4 Å². The van der Waals surface area contributed by atoms with Gasteiger partial charge in [-0.2, -0.15) is 0 Å². The van der Waals surface area contributed by atoms with Crippen molar-refractivity contribution >= 4 is 17.6 Å². The minimum absolute atomic E-state index is 0.00525. The van der Waals surface area contributed by atoms with Crippen LogP contribution in [0.3, 0.4) is 0 Å². The molecule has 2 aliphatic heterocycles. The highest BCUT2D eigenvalue weighted by Crippen LogP contribution is 2.41. The quantitative estimate of drug-likeness (QED) is 0.768. The van der Waals surface area contributed by atoms with Gasteiger partial charge in [0.15, 0.2) is 5.78 Å². The van der Waals surface area contributed by atoms with Gasteiger partial charge < -0.3 is 24.1 Å². The third-order valence-electron chi connectivity index (χ3n) is 6.30. The summed E-state index contributed by atoms with van der Waals surface area (Å²) in [5.74, 6) is 2.15. The second kappa shape index (κ2) is 8.68. The number of amides is 2. The lowest BCUT2D eigenvalue weighted by atomic mass is 9.84. The van der Waals surface area contributed by atoms with Crippen molar-refractivity contribution in [3.8, 4) is 11.5 Å². The molecule has 1 spiro atoms. The fourth-order valence-electron chi connectivity index (χ4n) is 4.39. The molecule has 1 aromatic carbocycles. The Bertz CT molecular complexity index is 1040. The minimum Gasteiger partial charge on any atom is -0.497 e. The van der Waals surface area contributed by atoms with Crippen molar-refractivity contribution in [3.63, 3.8) is 0 Å². The molecule has 2 aromatic rings. The van der Waals surface area contributed by atoms with E-state index in [-0.39, 0.29) is 37.0 Å². The van der Waals surface area contributed by atoms with Crippen LogP contribution in [0.15, 0.2) is 34.7 Å². The number of methoxy groups -OCH3 is 1. The van der Waals surface area contributed by atoms with Gasteiger partial charge in [-0.3, -0.25) is 14.4 Å². The molecule has 2 unspecified atom stereocenters. The second-order valence-electron chi connectivity index (χ2n) is 8.49. The highest BCUT2D eigenvalue weighted by atomic mass is 16.5. The van der Waals surface area contributed by atoms with Crippen LogP contribution in [0.25, 0.3) is 0 Å². The number of Topliss-reactive ketones (excluding diaryl/α,β-unsaturated/α-hetero) is 1. The summed E-state index contributed by atoms with van der Waals surface area (Å²) in [6, 6.07) is 8.17. The number of carbonyl (C=O) groups excluding carboxylic acids is 3. The molecule has 170 valence electrons. The largest absolute Gasteiger partial charge is 0.497 e. The van der Waals surface area contributed by atoms with E-state index in [1.807, 2.05) is 19.1 Å². The molecule has 0 radical (unpaired) electrons. The smallest absolute Gasteiger partial charge is 0.242 e. The van der Waals surface area contributed by atoms with Crippen LogP contribution in [0.2, 0.25) is 0 Å². The normalized spacial score (nSPS) is 21.5. The third kappa shape index (κ3) is 4.35. The molecular weight excluding hydrogens is 412 g/mol. The highest BCUT2D eigenvalue weighted by Gasteiger charge is 2.44. The Hall–Kier alpha value is -3.29. The van der Waals surface area contributed by atoms with Gasteiger partial charge in [0.05, 0.1) is 25.6 Å². The summed E-state index contributed by atoms with van der Waals surface area (Å²) in [7, 11) is 1.56. The Kier molecular flexibility index (Phi) is 5.95. The van der Waals surface area contributed by atoms with Gasteiger partial charge in [0.1, 0.15) is 34.7 Å². The Morgan fingerprint density at radius 3 is 2.78 bits per heavy atom. The molecule has 0 saturated carbocycles. The number of nitrogens with one attached hydrogen (secondary N) is 1. The number of hydrogen-bond acceptors (Lipinski definition) is 6. The number of rotatable bonds is 5. The van der Waals surface area contributed by atoms with Crippen LogP contribution >= 0.6 is 0 Å². The molecule has 3 heterocycles. The molecule has 8 nitrogen and oxygen atoms in total. The molecule has 32 heavy (non-hydrogen) atoms. The van der Waals surface area contributed by atoms with E-state index in [1.165, 1.54) is 0 Å². The van der Waals surface area contributed by atoms with Crippen molar-refractivity contribution in [2.75, 3.05) is 13.7 Å². The number of nitrogens with zero attached hydrogens (tertiary/aromatic N) is 1. The zero-order valence-electron chi connectivity index (χ0n) is 18.6. The Morgan fingerprint density at radius 1 is 1.25 bits per heavy atom. The van der Waals surface area contributed by atoms with Gasteiger partial charge in [-0.05, 0) is 44.5 Å². The van der Waals surface area contributed by atoms with Crippen molar-refractivity contribution in [2.24, 2.45) is 0 Å². The first kappa shape index (κ1) is 21.9. The Balaban J connectivity index is 1.44. The van der Waals surface area contributed by atoms with E-state index in [0.29, 0.717) is 42.2 Å². The van der Waals surface area contributed by atoms with Crippen molar-refractivity contribution in [3.05, 3.63) is 47.4 Å². The molecule has 1 aromatic heterocycles. The summed E-state index contributed by atoms with van der Waals surface area (Å²) in [5.41, 5.74) is -0.229. The Morgan fingerprint density at radius 2 is 2.06 bits per heavy atom. The van der Waals surface area contributed by atoms with Gasteiger partial charge in [0.2, 0.25) is 11.8 Å². The molecule has 1 fully saturated rings. The molecule has 4 rings (SSSR count). The number of hydrogen-bond donors (Lipinski definition) is 1. The first-order chi connectivity index (χ1) is 15.3. The van der Waals surface area contributed by atoms with Crippen LogP contribution in [0, 0.1) is 6.92 Å². The number of carbonyl (C=O) groups is 3. The van der Waals surface area contributed by atoms with Crippen LogP contribution in [0.5, 0.6) is 11.5 Å². The zero-order valence-corrected chi connectivity index (χ0v) is 18.6. The SMILES string of the molecule is COc1ccc2c(c1)OC1(CCC(=O)N(C(C)C(=O)NCc3ccc(C)o3)CC1)CC2=O. The summed E-state index contributed by atoms with van der Waals surface area (Å²) in [5, 5.41) is 2.83. The van der Waals surface area contributed by atoms with Crippen molar-refractivity contribution in [1.29, 1.82) is 0 Å². The lowest BCUT2D eigenvalue weighted by Crippen LogP contribution is -2.48. The summed E-state index contributed by atoms with van der Waals surface area (Å²) in [6.45, 7) is 4.15. The Labute approximate surface area is 186 Å². The van der Waals surface area contributed by atoms with E-state index < -0.39 is 11.6 Å². The third-order valence-corrected chi connectivity index (χ3v) is 6.30. The molecule has 8 heteroatoms. The van der Waals surface area contributed by atoms with Crippen LogP contribution in [0.1, 0.15) is 54.5 Å². The standard InChI is InChI=1S/C24H28N2O6/c1-15-4-5-18(31-15)14-25-23(29)16(2)26-11-10-24(9-8-22(26)28)13-20(27)19-7-6-17(30-3)12-21(19)32-24/h4-7,12,16H,8-11,13-14H2,1-3H3,(H,25,29). The molecule has 2 aliphatic rings. The van der Waals surface area contributed by atoms with E-state index in [2.05, 4.69) is 5.32 Å². The summed E-state index contributed by atoms with van der Waals surface area (Å²) < 4.78 is 17.0. The first-order valence-corrected chi connectivity index (χ1v) is 10.8. The maximum atomic E-state index is 12.9. The maximum absolute atomic E-state index is 12.9. The van der Waals surface area contributed by atoms with Gasteiger partial charge in [-0.25, -0.2) is 0 Å². The minimum atomic E-state index is -0.761. The van der Waals surface area contributed by atoms with E-state index in [0.717, 1.165) is 5.76 Å². The maximum Gasteiger partial charge on any atom is 0.242 e. The molecule has 1 N–H and O–H groups in total. The van der Waals surface area contributed by atoms with E-state index >= 15 is 0 Å². The predicted molar refractivity (Wildman–Crippen MR) is 116 cm³/mol. The van der Waals surface area contributed by atoms with E-state index in [4.69, 9.17) is 13.9 Å². The van der Waals surface area contributed by atoms with Crippen LogP contribution in [-0.2, 0) is 16.1 Å². The average molecular weight is 440 g/mol. The number of ether oxygens (including phenoxy) is 2. The second-order valence-corrected chi connectivity index (χ2v) is 8.49. The molecule has 0 aliphatic carbocycles. The van der Waals surface area contributed by atoms with E-state index in [1.54, 1.807) is 37.1 Å². The predicted octanol–water partition coefficient (Wildman–Crippen LogP) is 3.02. The summed E-state index contributed by atoms with van der Waals surface area (Å²) in [6.07, 6.45) is 1.31.